The standard InChI is InChI=1S/C11H9NO5/c1-11(6-9(13)17-10(11)14)7-4-2-3-5-8(7)12(15)16/h2-5H,6H2,1H3. The van der Waals surface area contributed by atoms with Crippen molar-refractivity contribution in [2.75, 3.05) is 0 Å². The van der Waals surface area contributed by atoms with Crippen LogP contribution in [0.4, 0.5) is 5.69 Å². The first-order valence-electron chi connectivity index (χ1n) is 4.94. The van der Waals surface area contributed by atoms with Gasteiger partial charge < -0.3 is 4.74 Å². The Morgan fingerprint density at radius 2 is 2.00 bits per heavy atom. The lowest BCUT2D eigenvalue weighted by Gasteiger charge is -2.17. The summed E-state index contributed by atoms with van der Waals surface area (Å²) in [6, 6.07) is 5.87. The second-order valence-corrected chi connectivity index (χ2v) is 4.04. The van der Waals surface area contributed by atoms with Crippen LogP contribution >= 0.6 is 0 Å². The normalized spacial score (nSPS) is 23.6. The van der Waals surface area contributed by atoms with Crippen LogP contribution in [0.2, 0.25) is 0 Å². The van der Waals surface area contributed by atoms with Crippen molar-refractivity contribution in [3.05, 3.63) is 39.9 Å². The van der Waals surface area contributed by atoms with Crippen molar-refractivity contribution in [1.82, 2.24) is 0 Å². The first kappa shape index (κ1) is 11.3. The first-order valence-corrected chi connectivity index (χ1v) is 4.94. The predicted octanol–water partition coefficient (Wildman–Crippen LogP) is 1.33. The summed E-state index contributed by atoms with van der Waals surface area (Å²) in [5.41, 5.74) is -1.23. The summed E-state index contributed by atoms with van der Waals surface area (Å²) in [6.45, 7) is 1.47. The Morgan fingerprint density at radius 1 is 1.35 bits per heavy atom. The molecule has 0 aliphatic carbocycles. The van der Waals surface area contributed by atoms with Gasteiger partial charge in [0.2, 0.25) is 0 Å². The molecule has 0 bridgehead atoms. The molecule has 17 heavy (non-hydrogen) atoms. The lowest BCUT2D eigenvalue weighted by molar-refractivity contribution is -0.386. The van der Waals surface area contributed by atoms with E-state index in [1.807, 2.05) is 0 Å². The Hall–Kier alpha value is -2.24. The molecule has 1 heterocycles. The van der Waals surface area contributed by atoms with E-state index in [9.17, 15) is 19.7 Å². The van der Waals surface area contributed by atoms with Gasteiger partial charge in [-0.15, -0.1) is 0 Å². The third-order valence-electron chi connectivity index (χ3n) is 2.85. The van der Waals surface area contributed by atoms with Crippen LogP contribution in [-0.2, 0) is 19.7 Å². The van der Waals surface area contributed by atoms with E-state index >= 15 is 0 Å². The van der Waals surface area contributed by atoms with Crippen molar-refractivity contribution >= 4 is 17.6 Å². The molecular weight excluding hydrogens is 226 g/mol. The lowest BCUT2D eigenvalue weighted by Crippen LogP contribution is -2.28. The number of carbonyl (C=O) groups is 2. The van der Waals surface area contributed by atoms with Crippen LogP contribution in [-0.4, -0.2) is 16.9 Å². The molecule has 0 saturated carbocycles. The van der Waals surface area contributed by atoms with Crippen molar-refractivity contribution in [2.45, 2.75) is 18.8 Å². The lowest BCUT2D eigenvalue weighted by atomic mass is 9.80. The van der Waals surface area contributed by atoms with Gasteiger partial charge in [0, 0.05) is 11.6 Å². The molecule has 6 heteroatoms. The van der Waals surface area contributed by atoms with Crippen molar-refractivity contribution < 1.29 is 19.2 Å². The van der Waals surface area contributed by atoms with Crippen LogP contribution in [0.15, 0.2) is 24.3 Å². The van der Waals surface area contributed by atoms with Crippen LogP contribution in [0.1, 0.15) is 18.9 Å². The van der Waals surface area contributed by atoms with Crippen molar-refractivity contribution in [2.24, 2.45) is 0 Å². The smallest absolute Gasteiger partial charge is 0.324 e. The van der Waals surface area contributed by atoms with Gasteiger partial charge in [0.1, 0.15) is 5.41 Å². The number of ether oxygens (including phenoxy) is 1. The molecule has 88 valence electrons. The fraction of sp³-hybridized carbons (Fsp3) is 0.273. The Morgan fingerprint density at radius 3 is 2.53 bits per heavy atom. The number of carbonyl (C=O) groups excluding carboxylic acids is 2. The molecule has 1 aliphatic rings. The van der Waals surface area contributed by atoms with Crippen LogP contribution < -0.4 is 0 Å². The fourth-order valence-electron chi connectivity index (χ4n) is 1.92. The zero-order chi connectivity index (χ0) is 12.6. The molecule has 6 nitrogen and oxygen atoms in total. The second kappa shape index (κ2) is 3.65. The minimum atomic E-state index is -1.26. The van der Waals surface area contributed by atoms with E-state index in [4.69, 9.17) is 0 Å². The third-order valence-corrected chi connectivity index (χ3v) is 2.85. The average Bonchev–Trinajstić information content (AvgIpc) is 2.53. The van der Waals surface area contributed by atoms with E-state index in [0.29, 0.717) is 0 Å². The zero-order valence-electron chi connectivity index (χ0n) is 9.00. The number of cyclic esters (lactones) is 2. The minimum absolute atomic E-state index is 0.170. The van der Waals surface area contributed by atoms with Crippen LogP contribution in [0, 0.1) is 10.1 Å². The maximum Gasteiger partial charge on any atom is 0.324 e. The molecule has 1 aromatic rings. The summed E-state index contributed by atoms with van der Waals surface area (Å²) >= 11 is 0. The van der Waals surface area contributed by atoms with Crippen LogP contribution in [0.3, 0.4) is 0 Å². The summed E-state index contributed by atoms with van der Waals surface area (Å²) in [4.78, 5) is 33.0. The summed E-state index contributed by atoms with van der Waals surface area (Å²) in [5.74, 6) is -1.40. The first-order chi connectivity index (χ1) is 7.95. The van der Waals surface area contributed by atoms with Crippen molar-refractivity contribution in [3.8, 4) is 0 Å². The molecule has 0 amide bonds. The van der Waals surface area contributed by atoms with Gasteiger partial charge >= 0.3 is 11.9 Å². The maximum atomic E-state index is 11.6. The molecule has 2 rings (SSSR count). The van der Waals surface area contributed by atoms with Gasteiger partial charge in [-0.25, -0.2) is 0 Å². The second-order valence-electron chi connectivity index (χ2n) is 4.04. The number of hydrogen-bond donors (Lipinski definition) is 0. The number of hydrogen-bond acceptors (Lipinski definition) is 5. The Labute approximate surface area is 96.3 Å². The number of rotatable bonds is 2. The Balaban J connectivity index is 2.57. The van der Waals surface area contributed by atoms with Gasteiger partial charge in [0.05, 0.1) is 11.3 Å². The van der Waals surface area contributed by atoms with Gasteiger partial charge in [0.15, 0.2) is 0 Å². The maximum absolute atomic E-state index is 11.6. The molecule has 0 N–H and O–H groups in total. The van der Waals surface area contributed by atoms with Crippen LogP contribution in [0.5, 0.6) is 0 Å². The van der Waals surface area contributed by atoms with Gasteiger partial charge in [-0.3, -0.25) is 19.7 Å². The summed E-state index contributed by atoms with van der Waals surface area (Å²) < 4.78 is 4.47. The third kappa shape index (κ3) is 1.67. The molecule has 0 spiro atoms. The summed E-state index contributed by atoms with van der Waals surface area (Å²) in [7, 11) is 0. The Kier molecular flexibility index (Phi) is 2.42. The predicted molar refractivity (Wildman–Crippen MR) is 56.2 cm³/mol. The number of nitro groups is 1. The molecule has 1 aromatic carbocycles. The Bertz CT molecular complexity index is 524. The highest BCUT2D eigenvalue weighted by atomic mass is 16.6. The molecule has 0 aromatic heterocycles. The van der Waals surface area contributed by atoms with Crippen molar-refractivity contribution in [3.63, 3.8) is 0 Å². The molecule has 1 fully saturated rings. The van der Waals surface area contributed by atoms with E-state index in [1.165, 1.54) is 25.1 Å². The monoisotopic (exact) mass is 235 g/mol. The average molecular weight is 235 g/mol. The minimum Gasteiger partial charge on any atom is -0.392 e. The highest BCUT2D eigenvalue weighted by Crippen LogP contribution is 2.39. The van der Waals surface area contributed by atoms with E-state index in [2.05, 4.69) is 4.74 Å². The fourth-order valence-corrected chi connectivity index (χ4v) is 1.92. The zero-order valence-corrected chi connectivity index (χ0v) is 9.00. The number of benzene rings is 1. The number of esters is 2. The van der Waals surface area contributed by atoms with Crippen LogP contribution in [0.25, 0.3) is 0 Å². The SMILES string of the molecule is CC1(c2ccccc2[N+](=O)[O-])CC(=O)OC1=O. The van der Waals surface area contributed by atoms with Gasteiger partial charge in [-0.1, -0.05) is 18.2 Å². The number of para-hydroxylation sites is 1. The molecule has 1 aliphatic heterocycles. The van der Waals surface area contributed by atoms with E-state index in [-0.39, 0.29) is 17.7 Å². The molecule has 1 unspecified atom stereocenters. The van der Waals surface area contributed by atoms with E-state index < -0.39 is 22.3 Å². The van der Waals surface area contributed by atoms with E-state index in [1.54, 1.807) is 6.07 Å². The van der Waals surface area contributed by atoms with Gasteiger partial charge in [-0.2, -0.15) is 0 Å². The largest absolute Gasteiger partial charge is 0.392 e. The highest BCUT2D eigenvalue weighted by Gasteiger charge is 2.49. The van der Waals surface area contributed by atoms with E-state index in [0.717, 1.165) is 0 Å². The molecule has 1 saturated heterocycles. The molecule has 1 atom stereocenters. The molecule has 0 radical (unpaired) electrons. The molecular formula is C11H9NO5. The summed E-state index contributed by atoms with van der Waals surface area (Å²) in [5, 5.41) is 10.9. The highest BCUT2D eigenvalue weighted by molar-refractivity contribution is 6.01. The topological polar surface area (TPSA) is 86.5 Å². The number of nitrogens with zero attached hydrogens (tertiary/aromatic N) is 1. The van der Waals surface area contributed by atoms with Gasteiger partial charge in [-0.05, 0) is 6.92 Å². The van der Waals surface area contributed by atoms with Gasteiger partial charge in [0.25, 0.3) is 5.69 Å². The van der Waals surface area contributed by atoms with Crippen molar-refractivity contribution in [1.29, 1.82) is 0 Å². The quantitative estimate of drug-likeness (QED) is 0.334. The number of nitro benzene ring substituents is 1. The summed E-state index contributed by atoms with van der Waals surface area (Å²) in [6.07, 6.45) is -0.170.